The van der Waals surface area contributed by atoms with Crippen LogP contribution in [-0.4, -0.2) is 29.1 Å². The van der Waals surface area contributed by atoms with Crippen molar-refractivity contribution in [1.29, 1.82) is 0 Å². The van der Waals surface area contributed by atoms with Gasteiger partial charge in [-0.2, -0.15) is 0 Å². The second-order valence-electron chi connectivity index (χ2n) is 9.48. The normalized spacial score (nSPS) is 12.3. The number of anilines is 1. The summed E-state index contributed by atoms with van der Waals surface area (Å²) in [5, 5.41) is 3.79. The zero-order valence-electron chi connectivity index (χ0n) is 18.9. The number of aryl methyl sites for hydroxylation is 1. The lowest BCUT2D eigenvalue weighted by Crippen LogP contribution is -2.36. The fourth-order valence-corrected chi connectivity index (χ4v) is 4.28. The molecule has 1 aromatic carbocycles. The molecule has 2 heterocycles. The maximum absolute atomic E-state index is 5.71. The Morgan fingerprint density at radius 3 is 2.34 bits per heavy atom. The van der Waals surface area contributed by atoms with E-state index in [4.69, 9.17) is 14.5 Å². The van der Waals surface area contributed by atoms with Crippen LogP contribution in [0.5, 0.6) is 11.5 Å². The van der Waals surface area contributed by atoms with E-state index in [1.807, 2.05) is 18.2 Å². The molecule has 0 amide bonds. The first kappa shape index (κ1) is 21.0. The van der Waals surface area contributed by atoms with E-state index < -0.39 is 0 Å². The quantitative estimate of drug-likeness (QED) is 0.560. The lowest BCUT2D eigenvalue weighted by Gasteiger charge is -2.34. The number of nitrogens with one attached hydrogen (secondary N) is 1. The molecule has 0 saturated heterocycles. The van der Waals surface area contributed by atoms with Gasteiger partial charge in [0.05, 0.1) is 14.2 Å². The van der Waals surface area contributed by atoms with Gasteiger partial charge in [-0.3, -0.25) is 4.40 Å². The number of nitrogens with zero attached hydrogens (tertiary/aromatic N) is 2. The van der Waals surface area contributed by atoms with E-state index in [0.717, 1.165) is 34.7 Å². The molecule has 5 nitrogen and oxygen atoms in total. The van der Waals surface area contributed by atoms with E-state index in [1.165, 1.54) is 0 Å². The molecule has 156 valence electrons. The van der Waals surface area contributed by atoms with Crippen molar-refractivity contribution in [3.8, 4) is 22.8 Å². The maximum atomic E-state index is 5.71. The molecule has 0 aliphatic carbocycles. The Morgan fingerprint density at radius 1 is 1.00 bits per heavy atom. The number of fused-ring (bicyclic) bond motifs is 1. The average Bonchev–Trinajstić information content (AvgIpc) is 2.98. The molecule has 0 atom stereocenters. The number of pyridine rings is 1. The molecule has 0 aliphatic heterocycles. The van der Waals surface area contributed by atoms with Crippen LogP contribution in [0.3, 0.4) is 0 Å². The third kappa shape index (κ3) is 4.34. The molecule has 0 bridgehead atoms. The lowest BCUT2D eigenvalue weighted by molar-refractivity contribution is 0.302. The average molecular weight is 396 g/mol. The molecule has 29 heavy (non-hydrogen) atoms. The largest absolute Gasteiger partial charge is 0.493 e. The van der Waals surface area contributed by atoms with Crippen molar-refractivity contribution in [3.63, 3.8) is 0 Å². The summed E-state index contributed by atoms with van der Waals surface area (Å²) in [7, 11) is 3.32. The number of methoxy groups -OCH3 is 2. The smallest absolute Gasteiger partial charge is 0.170 e. The fourth-order valence-electron chi connectivity index (χ4n) is 4.28. The van der Waals surface area contributed by atoms with Crippen molar-refractivity contribution in [2.75, 3.05) is 19.5 Å². The lowest BCUT2D eigenvalue weighted by atomic mass is 9.82. The summed E-state index contributed by atoms with van der Waals surface area (Å²) in [5.74, 6) is 2.34. The highest BCUT2D eigenvalue weighted by atomic mass is 16.5. The number of benzene rings is 1. The van der Waals surface area contributed by atoms with E-state index >= 15 is 0 Å². The van der Waals surface area contributed by atoms with Crippen LogP contribution in [0, 0.1) is 12.3 Å². The second-order valence-corrected chi connectivity index (χ2v) is 9.48. The zero-order chi connectivity index (χ0) is 21.4. The minimum absolute atomic E-state index is 0.126. The van der Waals surface area contributed by atoms with Gasteiger partial charge in [0.1, 0.15) is 17.2 Å². The number of hydrogen-bond acceptors (Lipinski definition) is 4. The number of aromatic nitrogens is 2. The van der Waals surface area contributed by atoms with E-state index in [1.54, 1.807) is 14.2 Å². The molecule has 0 fully saturated rings. The first-order valence-corrected chi connectivity index (χ1v) is 10.0. The standard InChI is InChI=1S/C24H33N3O2/c1-16-11-10-14-27-21(16)25-19(17-12-9-13-18(28-7)20(17)29-8)22(27)26-24(5,6)15-23(2,3)4/h9-14,26H,15H2,1-8H3. The molecule has 2 aromatic heterocycles. The van der Waals surface area contributed by atoms with E-state index in [9.17, 15) is 0 Å². The molecule has 0 saturated carbocycles. The molecular weight excluding hydrogens is 362 g/mol. The van der Waals surface area contributed by atoms with Gasteiger partial charge in [0.2, 0.25) is 0 Å². The van der Waals surface area contributed by atoms with Crippen LogP contribution in [0.25, 0.3) is 16.9 Å². The van der Waals surface area contributed by atoms with Crippen LogP contribution in [0.1, 0.15) is 46.6 Å². The van der Waals surface area contributed by atoms with E-state index in [0.29, 0.717) is 11.5 Å². The third-order valence-corrected chi connectivity index (χ3v) is 4.93. The molecule has 0 aliphatic rings. The Bertz CT molecular complexity index is 1010. The predicted octanol–water partition coefficient (Wildman–Crippen LogP) is 5.95. The summed E-state index contributed by atoms with van der Waals surface area (Å²) in [5.41, 5.74) is 3.89. The third-order valence-electron chi connectivity index (χ3n) is 4.93. The van der Waals surface area contributed by atoms with Gasteiger partial charge in [0.25, 0.3) is 0 Å². The molecule has 0 unspecified atom stereocenters. The van der Waals surface area contributed by atoms with Gasteiger partial charge in [-0.15, -0.1) is 0 Å². The molecule has 3 aromatic rings. The van der Waals surface area contributed by atoms with Gasteiger partial charge >= 0.3 is 0 Å². The summed E-state index contributed by atoms with van der Waals surface area (Å²) in [6, 6.07) is 10.0. The molecular formula is C24H33N3O2. The van der Waals surface area contributed by atoms with Gasteiger partial charge in [0.15, 0.2) is 11.5 Å². The topological polar surface area (TPSA) is 47.8 Å². The molecule has 3 rings (SSSR count). The zero-order valence-corrected chi connectivity index (χ0v) is 18.9. The van der Waals surface area contributed by atoms with Crippen LogP contribution in [-0.2, 0) is 0 Å². The van der Waals surface area contributed by atoms with Gasteiger partial charge in [-0.1, -0.05) is 32.9 Å². The minimum Gasteiger partial charge on any atom is -0.493 e. The van der Waals surface area contributed by atoms with Gasteiger partial charge in [-0.05, 0) is 56.4 Å². The van der Waals surface area contributed by atoms with Crippen LogP contribution in [0.4, 0.5) is 5.82 Å². The Kier molecular flexibility index (Phi) is 5.52. The first-order chi connectivity index (χ1) is 13.6. The van der Waals surface area contributed by atoms with Crippen molar-refractivity contribution in [3.05, 3.63) is 42.1 Å². The highest BCUT2D eigenvalue weighted by Crippen LogP contribution is 2.42. The minimum atomic E-state index is -0.126. The van der Waals surface area contributed by atoms with Gasteiger partial charge in [0, 0.05) is 17.3 Å². The van der Waals surface area contributed by atoms with Crippen molar-refractivity contribution < 1.29 is 9.47 Å². The number of rotatable bonds is 6. The monoisotopic (exact) mass is 395 g/mol. The molecule has 0 spiro atoms. The highest BCUT2D eigenvalue weighted by molar-refractivity contribution is 5.83. The molecule has 0 radical (unpaired) electrons. The van der Waals surface area contributed by atoms with Crippen LogP contribution < -0.4 is 14.8 Å². The van der Waals surface area contributed by atoms with Crippen LogP contribution >= 0.6 is 0 Å². The van der Waals surface area contributed by atoms with Gasteiger partial charge < -0.3 is 14.8 Å². The Morgan fingerprint density at radius 2 is 1.72 bits per heavy atom. The highest BCUT2D eigenvalue weighted by Gasteiger charge is 2.29. The Balaban J connectivity index is 2.24. The van der Waals surface area contributed by atoms with E-state index in [2.05, 4.69) is 69.6 Å². The number of hydrogen-bond donors (Lipinski definition) is 1. The van der Waals surface area contributed by atoms with Crippen molar-refractivity contribution in [1.82, 2.24) is 9.38 Å². The summed E-state index contributed by atoms with van der Waals surface area (Å²) in [4.78, 5) is 5.01. The Labute approximate surface area is 174 Å². The second kappa shape index (κ2) is 7.62. The number of ether oxygens (including phenoxy) is 2. The van der Waals surface area contributed by atoms with Gasteiger partial charge in [-0.25, -0.2) is 4.98 Å². The summed E-state index contributed by atoms with van der Waals surface area (Å²) >= 11 is 0. The first-order valence-electron chi connectivity index (χ1n) is 10.0. The summed E-state index contributed by atoms with van der Waals surface area (Å²) in [6.45, 7) is 13.3. The summed E-state index contributed by atoms with van der Waals surface area (Å²) in [6.07, 6.45) is 3.06. The molecule has 5 heteroatoms. The Hall–Kier alpha value is -2.69. The number of imidazole rings is 1. The van der Waals surface area contributed by atoms with Crippen LogP contribution in [0.15, 0.2) is 36.5 Å². The molecule has 1 N–H and O–H groups in total. The van der Waals surface area contributed by atoms with E-state index in [-0.39, 0.29) is 11.0 Å². The van der Waals surface area contributed by atoms with Crippen molar-refractivity contribution in [2.24, 2.45) is 5.41 Å². The SMILES string of the molecule is COc1cccc(-c2nc3c(C)cccn3c2NC(C)(C)CC(C)(C)C)c1OC. The van der Waals surface area contributed by atoms with Crippen molar-refractivity contribution >= 4 is 11.5 Å². The van der Waals surface area contributed by atoms with Crippen LogP contribution in [0.2, 0.25) is 0 Å². The van der Waals surface area contributed by atoms with Crippen molar-refractivity contribution in [2.45, 2.75) is 53.5 Å². The predicted molar refractivity (Wildman–Crippen MR) is 120 cm³/mol. The number of para-hydroxylation sites is 1. The maximum Gasteiger partial charge on any atom is 0.170 e. The fraction of sp³-hybridized carbons (Fsp3) is 0.458. The summed E-state index contributed by atoms with van der Waals surface area (Å²) < 4.78 is 13.4.